The lowest BCUT2D eigenvalue weighted by molar-refractivity contribution is -0.0830. The summed E-state index contributed by atoms with van der Waals surface area (Å²) >= 11 is 5.35. The number of hydrogen-bond donors (Lipinski definition) is 1. The zero-order valence-corrected chi connectivity index (χ0v) is 12.3. The Morgan fingerprint density at radius 2 is 2.15 bits per heavy atom. The minimum atomic E-state index is -0.395. The second-order valence-electron chi connectivity index (χ2n) is 5.26. The Labute approximate surface area is 121 Å². The lowest BCUT2D eigenvalue weighted by atomic mass is 9.80. The molecule has 1 fully saturated rings. The Balaban J connectivity index is 2.10. The maximum Gasteiger partial charge on any atom is 0.178 e. The molecule has 1 aromatic carbocycles. The molecule has 4 nitrogen and oxygen atoms in total. The smallest absolute Gasteiger partial charge is 0.178 e. The Kier molecular flexibility index (Phi) is 3.30. The highest BCUT2D eigenvalue weighted by molar-refractivity contribution is 7.71. The molecule has 1 N–H and O–H groups in total. The van der Waals surface area contributed by atoms with Crippen LogP contribution in [0.25, 0.3) is 11.0 Å². The van der Waals surface area contributed by atoms with Crippen LogP contribution in [0, 0.1) is 10.6 Å². The largest absolute Gasteiger partial charge is 0.494 e. The molecule has 1 saturated carbocycles. The number of hydrogen-bond acceptors (Lipinski definition) is 3. The standard InChI is InChI=1S/C14H17FN2O2S/c1-18-12-7-11-10(6-9(12)15)16-13(20)17(11)8-14(19-2)4-3-5-14/h6-7H,3-5,8H2,1-2H3,(H,16,20). The first-order chi connectivity index (χ1) is 9.58. The molecule has 0 amide bonds. The van der Waals surface area contributed by atoms with Gasteiger partial charge in [-0.1, -0.05) is 0 Å². The molecule has 0 radical (unpaired) electrons. The Morgan fingerprint density at radius 3 is 2.70 bits per heavy atom. The fraction of sp³-hybridized carbons (Fsp3) is 0.500. The van der Waals surface area contributed by atoms with Crippen LogP contribution in [-0.2, 0) is 11.3 Å². The zero-order valence-electron chi connectivity index (χ0n) is 11.5. The fourth-order valence-electron chi connectivity index (χ4n) is 2.76. The molecule has 2 aromatic rings. The van der Waals surface area contributed by atoms with Gasteiger partial charge in [0.05, 0.1) is 30.3 Å². The number of imidazole rings is 1. The van der Waals surface area contributed by atoms with Gasteiger partial charge in [-0.05, 0) is 31.5 Å². The summed E-state index contributed by atoms with van der Waals surface area (Å²) in [5.74, 6) is -0.172. The van der Waals surface area contributed by atoms with Crippen LogP contribution in [0.15, 0.2) is 12.1 Å². The van der Waals surface area contributed by atoms with Crippen molar-refractivity contribution in [1.29, 1.82) is 0 Å². The highest BCUT2D eigenvalue weighted by Crippen LogP contribution is 2.37. The van der Waals surface area contributed by atoms with Crippen molar-refractivity contribution >= 4 is 23.3 Å². The second kappa shape index (κ2) is 4.86. The van der Waals surface area contributed by atoms with Gasteiger partial charge in [0, 0.05) is 19.2 Å². The summed E-state index contributed by atoms with van der Waals surface area (Å²) in [5, 5.41) is 0. The summed E-state index contributed by atoms with van der Waals surface area (Å²) in [6.07, 6.45) is 3.22. The van der Waals surface area contributed by atoms with Gasteiger partial charge < -0.3 is 19.0 Å². The molecule has 1 aliphatic carbocycles. The molecule has 3 rings (SSSR count). The lowest BCUT2D eigenvalue weighted by Crippen LogP contribution is -2.43. The third kappa shape index (κ3) is 2.03. The molecule has 0 atom stereocenters. The average molecular weight is 296 g/mol. The Bertz CT molecular complexity index is 697. The number of nitrogens with one attached hydrogen (secondary N) is 1. The molecular weight excluding hydrogens is 279 g/mol. The van der Waals surface area contributed by atoms with Gasteiger partial charge in [0.1, 0.15) is 0 Å². The van der Waals surface area contributed by atoms with Crippen molar-refractivity contribution in [2.24, 2.45) is 0 Å². The van der Waals surface area contributed by atoms with E-state index in [1.165, 1.54) is 19.6 Å². The van der Waals surface area contributed by atoms with E-state index in [-0.39, 0.29) is 11.4 Å². The molecule has 0 aliphatic heterocycles. The predicted molar refractivity (Wildman–Crippen MR) is 77.2 cm³/mol. The average Bonchev–Trinajstić information content (AvgIpc) is 2.67. The van der Waals surface area contributed by atoms with E-state index in [0.717, 1.165) is 18.4 Å². The Morgan fingerprint density at radius 1 is 1.40 bits per heavy atom. The van der Waals surface area contributed by atoms with Crippen LogP contribution >= 0.6 is 12.2 Å². The molecule has 0 bridgehead atoms. The number of halogens is 1. The van der Waals surface area contributed by atoms with Gasteiger partial charge >= 0.3 is 0 Å². The van der Waals surface area contributed by atoms with E-state index in [9.17, 15) is 4.39 Å². The number of benzene rings is 1. The van der Waals surface area contributed by atoms with Crippen molar-refractivity contribution in [2.75, 3.05) is 14.2 Å². The predicted octanol–water partition coefficient (Wildman–Crippen LogP) is 3.42. The van der Waals surface area contributed by atoms with E-state index < -0.39 is 5.82 Å². The normalized spacial score (nSPS) is 17.1. The molecule has 20 heavy (non-hydrogen) atoms. The summed E-state index contributed by atoms with van der Waals surface area (Å²) in [4.78, 5) is 3.04. The number of ether oxygens (including phenoxy) is 2. The van der Waals surface area contributed by atoms with Gasteiger partial charge in [0.2, 0.25) is 0 Å². The third-order valence-corrected chi connectivity index (χ3v) is 4.51. The van der Waals surface area contributed by atoms with Crippen LogP contribution in [0.2, 0.25) is 0 Å². The van der Waals surface area contributed by atoms with Crippen LogP contribution in [0.5, 0.6) is 5.75 Å². The van der Waals surface area contributed by atoms with E-state index in [0.29, 0.717) is 16.8 Å². The summed E-state index contributed by atoms with van der Waals surface area (Å²) in [5.41, 5.74) is 1.38. The summed E-state index contributed by atoms with van der Waals surface area (Å²) in [6.45, 7) is 0.678. The van der Waals surface area contributed by atoms with Gasteiger partial charge in [-0.3, -0.25) is 0 Å². The van der Waals surface area contributed by atoms with Crippen molar-refractivity contribution in [3.8, 4) is 5.75 Å². The SMILES string of the molecule is COc1cc2c(cc1F)[nH]c(=S)n2CC1(OC)CCC1. The number of fused-ring (bicyclic) bond motifs is 1. The quantitative estimate of drug-likeness (QED) is 0.879. The molecule has 0 spiro atoms. The topological polar surface area (TPSA) is 39.2 Å². The Hall–Kier alpha value is -1.40. The van der Waals surface area contributed by atoms with Crippen LogP contribution in [0.1, 0.15) is 19.3 Å². The van der Waals surface area contributed by atoms with E-state index in [1.807, 2.05) is 4.57 Å². The maximum absolute atomic E-state index is 13.7. The van der Waals surface area contributed by atoms with Crippen molar-refractivity contribution in [3.63, 3.8) is 0 Å². The summed E-state index contributed by atoms with van der Waals surface area (Å²) in [7, 11) is 3.19. The van der Waals surface area contributed by atoms with Crippen LogP contribution in [0.4, 0.5) is 4.39 Å². The maximum atomic E-state index is 13.7. The number of H-pyrrole nitrogens is 1. The van der Waals surface area contributed by atoms with Gasteiger partial charge in [0.15, 0.2) is 16.3 Å². The lowest BCUT2D eigenvalue weighted by Gasteiger charge is -2.40. The highest BCUT2D eigenvalue weighted by Gasteiger charge is 2.37. The molecule has 108 valence electrons. The highest BCUT2D eigenvalue weighted by atomic mass is 32.1. The van der Waals surface area contributed by atoms with Gasteiger partial charge in [-0.15, -0.1) is 0 Å². The molecule has 1 aromatic heterocycles. The van der Waals surface area contributed by atoms with Crippen molar-refractivity contribution < 1.29 is 13.9 Å². The van der Waals surface area contributed by atoms with Crippen LogP contribution < -0.4 is 4.74 Å². The third-order valence-electron chi connectivity index (χ3n) is 4.19. The molecule has 1 heterocycles. The van der Waals surface area contributed by atoms with Gasteiger partial charge in [-0.2, -0.15) is 0 Å². The molecule has 0 unspecified atom stereocenters. The molecule has 1 aliphatic rings. The van der Waals surface area contributed by atoms with Crippen molar-refractivity contribution in [3.05, 3.63) is 22.7 Å². The van der Waals surface area contributed by atoms with E-state index >= 15 is 0 Å². The first-order valence-corrected chi connectivity index (χ1v) is 7.00. The number of aromatic nitrogens is 2. The summed E-state index contributed by atoms with van der Waals surface area (Å²) < 4.78 is 27.0. The minimum Gasteiger partial charge on any atom is -0.494 e. The summed E-state index contributed by atoms with van der Waals surface area (Å²) in [6, 6.07) is 3.10. The van der Waals surface area contributed by atoms with E-state index in [1.54, 1.807) is 13.2 Å². The van der Waals surface area contributed by atoms with E-state index in [4.69, 9.17) is 21.7 Å². The second-order valence-corrected chi connectivity index (χ2v) is 5.65. The van der Waals surface area contributed by atoms with Gasteiger partial charge in [-0.25, -0.2) is 4.39 Å². The number of rotatable bonds is 4. The van der Waals surface area contributed by atoms with Crippen LogP contribution in [0.3, 0.4) is 0 Å². The number of methoxy groups -OCH3 is 2. The van der Waals surface area contributed by atoms with Gasteiger partial charge in [0.25, 0.3) is 0 Å². The number of nitrogens with zero attached hydrogens (tertiary/aromatic N) is 1. The van der Waals surface area contributed by atoms with Crippen molar-refractivity contribution in [2.45, 2.75) is 31.4 Å². The minimum absolute atomic E-state index is 0.144. The van der Waals surface area contributed by atoms with Crippen molar-refractivity contribution in [1.82, 2.24) is 9.55 Å². The number of aromatic amines is 1. The fourth-order valence-corrected chi connectivity index (χ4v) is 3.03. The monoisotopic (exact) mass is 296 g/mol. The zero-order chi connectivity index (χ0) is 14.3. The molecule has 0 saturated heterocycles. The van der Waals surface area contributed by atoms with E-state index in [2.05, 4.69) is 4.98 Å². The molecule has 6 heteroatoms. The van der Waals surface area contributed by atoms with Crippen LogP contribution in [-0.4, -0.2) is 29.4 Å². The first kappa shape index (κ1) is 13.6. The first-order valence-electron chi connectivity index (χ1n) is 6.60. The molecular formula is C14H17FN2O2S.